The number of hydroxylamine groups is 2. The van der Waals surface area contributed by atoms with E-state index in [-0.39, 0.29) is 5.97 Å². The lowest BCUT2D eigenvalue weighted by Crippen LogP contribution is -2.48. The number of benzene rings is 1. The van der Waals surface area contributed by atoms with E-state index in [9.17, 15) is 4.79 Å². The van der Waals surface area contributed by atoms with Crippen LogP contribution in [0.5, 0.6) is 0 Å². The molecule has 1 saturated heterocycles. The summed E-state index contributed by atoms with van der Waals surface area (Å²) in [5.41, 5.74) is 1.59. The molecule has 2 aromatic rings. The fourth-order valence-corrected chi connectivity index (χ4v) is 3.01. The Morgan fingerprint density at radius 3 is 2.48 bits per heavy atom. The zero-order valence-corrected chi connectivity index (χ0v) is 16.6. The van der Waals surface area contributed by atoms with E-state index in [1.807, 2.05) is 27.7 Å². The molecule has 0 unspecified atom stereocenters. The molecule has 0 amide bonds. The molecular weight excluding hydrogens is 384 g/mol. The van der Waals surface area contributed by atoms with Crippen molar-refractivity contribution in [2.75, 3.05) is 31.1 Å². The first kappa shape index (κ1) is 18.1. The summed E-state index contributed by atoms with van der Waals surface area (Å²) in [7, 11) is 0. The molecule has 134 valence electrons. The summed E-state index contributed by atoms with van der Waals surface area (Å²) >= 11 is 3.59. The summed E-state index contributed by atoms with van der Waals surface area (Å²) in [5.74, 6) is 0.723. The Kier molecular flexibility index (Phi) is 4.97. The van der Waals surface area contributed by atoms with E-state index in [4.69, 9.17) is 4.84 Å². The third-order valence-corrected chi connectivity index (χ3v) is 5.11. The zero-order valence-electron chi connectivity index (χ0n) is 15.0. The van der Waals surface area contributed by atoms with Crippen LogP contribution < -0.4 is 4.90 Å². The lowest BCUT2D eigenvalue weighted by Gasteiger charge is -2.35. The highest BCUT2D eigenvalue weighted by Crippen LogP contribution is 2.29. The highest BCUT2D eigenvalue weighted by Gasteiger charge is 2.28. The predicted octanol–water partition coefficient (Wildman–Crippen LogP) is 3.33. The standard InChI is InChI=1S/C18H23BrN4O2/c1-12-9-15-13(10-14(12)19)16(21-11-20-15)22-5-7-23(8-6-22)25-17(24)18(2,3)4/h9-11H,5-8H2,1-4H3. The van der Waals surface area contributed by atoms with Crippen LogP contribution in [0.25, 0.3) is 10.9 Å². The molecule has 1 aliphatic heterocycles. The second-order valence-electron chi connectivity index (χ2n) is 7.36. The van der Waals surface area contributed by atoms with Crippen molar-refractivity contribution in [3.63, 3.8) is 0 Å². The fraction of sp³-hybridized carbons (Fsp3) is 0.500. The molecule has 0 radical (unpaired) electrons. The molecule has 0 saturated carbocycles. The van der Waals surface area contributed by atoms with E-state index < -0.39 is 5.41 Å². The van der Waals surface area contributed by atoms with Crippen LogP contribution in [-0.4, -0.2) is 47.2 Å². The number of fused-ring (bicyclic) bond motifs is 1. The van der Waals surface area contributed by atoms with Gasteiger partial charge in [-0.15, -0.1) is 5.06 Å². The lowest BCUT2D eigenvalue weighted by molar-refractivity contribution is -0.201. The van der Waals surface area contributed by atoms with Crippen LogP contribution in [-0.2, 0) is 9.63 Å². The maximum Gasteiger partial charge on any atom is 0.330 e. The number of piperazine rings is 1. The molecule has 25 heavy (non-hydrogen) atoms. The minimum absolute atomic E-state index is 0.201. The van der Waals surface area contributed by atoms with Crippen molar-refractivity contribution in [2.45, 2.75) is 27.7 Å². The highest BCUT2D eigenvalue weighted by molar-refractivity contribution is 9.10. The van der Waals surface area contributed by atoms with Gasteiger partial charge >= 0.3 is 5.97 Å². The number of anilines is 1. The van der Waals surface area contributed by atoms with Crippen LogP contribution in [0.2, 0.25) is 0 Å². The lowest BCUT2D eigenvalue weighted by atomic mass is 9.98. The largest absolute Gasteiger partial charge is 0.367 e. The molecule has 1 fully saturated rings. The van der Waals surface area contributed by atoms with Crippen LogP contribution >= 0.6 is 15.9 Å². The molecular formula is C18H23BrN4O2. The van der Waals surface area contributed by atoms with E-state index in [0.717, 1.165) is 39.8 Å². The Morgan fingerprint density at radius 2 is 1.84 bits per heavy atom. The van der Waals surface area contributed by atoms with E-state index in [0.29, 0.717) is 13.1 Å². The van der Waals surface area contributed by atoms with Gasteiger partial charge in [-0.05, 0) is 45.4 Å². The minimum Gasteiger partial charge on any atom is -0.367 e. The van der Waals surface area contributed by atoms with Gasteiger partial charge in [0.05, 0.1) is 24.0 Å². The summed E-state index contributed by atoms with van der Waals surface area (Å²) in [4.78, 5) is 28.6. The Bertz CT molecular complexity index is 795. The number of halogens is 1. The van der Waals surface area contributed by atoms with E-state index in [1.165, 1.54) is 0 Å². The summed E-state index contributed by atoms with van der Waals surface area (Å²) < 4.78 is 1.05. The number of aromatic nitrogens is 2. The topological polar surface area (TPSA) is 58.6 Å². The molecule has 1 aromatic carbocycles. The first-order chi connectivity index (χ1) is 11.8. The molecule has 0 N–H and O–H groups in total. The fourth-order valence-electron chi connectivity index (χ4n) is 2.66. The van der Waals surface area contributed by atoms with Crippen LogP contribution in [0.4, 0.5) is 5.82 Å². The van der Waals surface area contributed by atoms with Crippen molar-refractivity contribution < 1.29 is 9.63 Å². The molecule has 6 nitrogen and oxygen atoms in total. The average Bonchev–Trinajstić information content (AvgIpc) is 2.55. The number of carbonyl (C=O) groups is 1. The summed E-state index contributed by atoms with van der Waals surface area (Å²) in [6, 6.07) is 4.14. The first-order valence-corrected chi connectivity index (χ1v) is 9.18. The van der Waals surface area contributed by atoms with Gasteiger partial charge in [0.25, 0.3) is 0 Å². The second kappa shape index (κ2) is 6.88. The second-order valence-corrected chi connectivity index (χ2v) is 8.21. The van der Waals surface area contributed by atoms with Gasteiger partial charge in [-0.25, -0.2) is 14.8 Å². The van der Waals surface area contributed by atoms with Crippen molar-refractivity contribution in [2.24, 2.45) is 5.41 Å². The highest BCUT2D eigenvalue weighted by atomic mass is 79.9. The van der Waals surface area contributed by atoms with Gasteiger partial charge in [-0.2, -0.15) is 0 Å². The Balaban J connectivity index is 1.74. The Labute approximate surface area is 156 Å². The summed E-state index contributed by atoms with van der Waals surface area (Å²) in [6.45, 7) is 10.4. The molecule has 1 aromatic heterocycles. The van der Waals surface area contributed by atoms with Gasteiger partial charge in [0.1, 0.15) is 12.1 Å². The quantitative estimate of drug-likeness (QED) is 0.761. The van der Waals surface area contributed by atoms with Gasteiger partial charge in [0.15, 0.2) is 0 Å². The maximum absolute atomic E-state index is 12.0. The number of hydrogen-bond donors (Lipinski definition) is 0. The minimum atomic E-state index is -0.496. The van der Waals surface area contributed by atoms with Crippen molar-refractivity contribution in [1.82, 2.24) is 15.0 Å². The van der Waals surface area contributed by atoms with E-state index in [2.05, 4.69) is 42.9 Å². The normalized spacial score (nSPS) is 16.3. The molecule has 0 bridgehead atoms. The van der Waals surface area contributed by atoms with Crippen LogP contribution in [0.3, 0.4) is 0 Å². The smallest absolute Gasteiger partial charge is 0.330 e. The van der Waals surface area contributed by atoms with Crippen LogP contribution in [0.1, 0.15) is 26.3 Å². The summed E-state index contributed by atoms with van der Waals surface area (Å²) in [5, 5.41) is 2.77. The third kappa shape index (κ3) is 3.93. The number of nitrogens with zero attached hydrogens (tertiary/aromatic N) is 4. The van der Waals surface area contributed by atoms with Gasteiger partial charge < -0.3 is 9.74 Å². The number of hydrogen-bond acceptors (Lipinski definition) is 6. The number of rotatable bonds is 2. The molecule has 0 atom stereocenters. The van der Waals surface area contributed by atoms with Crippen molar-refractivity contribution in [1.29, 1.82) is 0 Å². The van der Waals surface area contributed by atoms with E-state index in [1.54, 1.807) is 11.4 Å². The van der Waals surface area contributed by atoms with Crippen LogP contribution in [0.15, 0.2) is 22.9 Å². The Hall–Kier alpha value is -1.73. The SMILES string of the molecule is Cc1cc2ncnc(N3CCN(OC(=O)C(C)(C)C)CC3)c2cc1Br. The monoisotopic (exact) mass is 406 g/mol. The van der Waals surface area contributed by atoms with Gasteiger partial charge in [0, 0.05) is 22.9 Å². The van der Waals surface area contributed by atoms with Crippen LogP contribution in [0, 0.1) is 12.3 Å². The van der Waals surface area contributed by atoms with Crippen molar-refractivity contribution in [3.05, 3.63) is 28.5 Å². The molecule has 1 aliphatic rings. The van der Waals surface area contributed by atoms with Gasteiger partial charge in [-0.3, -0.25) is 0 Å². The molecule has 7 heteroatoms. The van der Waals surface area contributed by atoms with Crippen molar-refractivity contribution in [3.8, 4) is 0 Å². The van der Waals surface area contributed by atoms with Gasteiger partial charge in [0.2, 0.25) is 0 Å². The van der Waals surface area contributed by atoms with Gasteiger partial charge in [-0.1, -0.05) is 15.9 Å². The molecule has 2 heterocycles. The number of carbonyl (C=O) groups excluding carboxylic acids is 1. The Morgan fingerprint density at radius 1 is 1.16 bits per heavy atom. The third-order valence-electron chi connectivity index (χ3n) is 4.26. The first-order valence-electron chi connectivity index (χ1n) is 8.39. The summed E-state index contributed by atoms with van der Waals surface area (Å²) in [6.07, 6.45) is 1.61. The molecule has 3 rings (SSSR count). The van der Waals surface area contributed by atoms with E-state index >= 15 is 0 Å². The molecule has 0 spiro atoms. The predicted molar refractivity (Wildman–Crippen MR) is 101 cm³/mol. The van der Waals surface area contributed by atoms with Crippen molar-refractivity contribution >= 4 is 38.6 Å². The zero-order chi connectivity index (χ0) is 18.2. The molecule has 0 aliphatic carbocycles. The average molecular weight is 407 g/mol. The number of aryl methyl sites for hydroxylation is 1. The maximum atomic E-state index is 12.0.